The van der Waals surface area contributed by atoms with Crippen LogP contribution in [0.25, 0.3) is 11.3 Å². The molecular formula is C12H12ClIN2. The van der Waals surface area contributed by atoms with Crippen molar-refractivity contribution in [3.05, 3.63) is 38.6 Å². The van der Waals surface area contributed by atoms with Gasteiger partial charge >= 0.3 is 0 Å². The summed E-state index contributed by atoms with van der Waals surface area (Å²) in [5, 5.41) is 8.21. The fraction of sp³-hybridized carbons (Fsp3) is 0.250. The summed E-state index contributed by atoms with van der Waals surface area (Å²) in [7, 11) is 0. The third-order valence-corrected chi connectivity index (χ3v) is 3.77. The number of H-pyrrole nitrogens is 1. The quantitative estimate of drug-likeness (QED) is 0.799. The first-order chi connectivity index (χ1) is 7.59. The maximum Gasteiger partial charge on any atom is 0.106 e. The lowest BCUT2D eigenvalue weighted by Crippen LogP contribution is -1.89. The molecule has 0 unspecified atom stereocenters. The molecule has 0 aliphatic carbocycles. The van der Waals surface area contributed by atoms with Gasteiger partial charge in [-0.25, -0.2) is 0 Å². The molecule has 1 aromatic heterocycles. The average Bonchev–Trinajstić information content (AvgIpc) is 2.61. The topological polar surface area (TPSA) is 28.7 Å². The zero-order valence-corrected chi connectivity index (χ0v) is 12.0. The summed E-state index contributed by atoms with van der Waals surface area (Å²) in [5.41, 5.74) is 3.28. The molecule has 0 aliphatic rings. The molecule has 2 rings (SSSR count). The maximum atomic E-state index is 5.86. The van der Waals surface area contributed by atoms with E-state index in [-0.39, 0.29) is 0 Å². The Hall–Kier alpha value is -0.550. The van der Waals surface area contributed by atoms with Crippen molar-refractivity contribution in [2.45, 2.75) is 19.8 Å². The van der Waals surface area contributed by atoms with Gasteiger partial charge in [-0.1, -0.05) is 37.6 Å². The molecular weight excluding hydrogens is 335 g/mol. The summed E-state index contributed by atoms with van der Waals surface area (Å²) in [5.74, 6) is 0.459. The van der Waals surface area contributed by atoms with Crippen LogP contribution in [0.2, 0.25) is 5.02 Å². The fourth-order valence-corrected chi connectivity index (χ4v) is 2.82. The number of rotatable bonds is 2. The van der Waals surface area contributed by atoms with Crippen LogP contribution in [0.4, 0.5) is 0 Å². The van der Waals surface area contributed by atoms with Crippen molar-refractivity contribution in [2.75, 3.05) is 0 Å². The van der Waals surface area contributed by atoms with Gasteiger partial charge in [-0.3, -0.25) is 5.10 Å². The van der Waals surface area contributed by atoms with Gasteiger partial charge in [-0.2, -0.15) is 5.10 Å². The summed E-state index contributed by atoms with van der Waals surface area (Å²) >= 11 is 8.20. The lowest BCUT2D eigenvalue weighted by molar-refractivity contribution is 0.806. The standard InChI is InChI=1S/C12H12ClIN2/c1-7(2)11-10(14)12(16-15-11)8-3-5-9(13)6-4-8/h3-7H,1-2H3,(H,15,16). The number of nitrogens with zero attached hydrogens (tertiary/aromatic N) is 1. The molecule has 84 valence electrons. The Balaban J connectivity index is 2.45. The SMILES string of the molecule is CC(C)c1[nH]nc(-c2ccc(Cl)cc2)c1I. The van der Waals surface area contributed by atoms with Crippen molar-refractivity contribution < 1.29 is 0 Å². The van der Waals surface area contributed by atoms with Crippen LogP contribution in [0.5, 0.6) is 0 Å². The Bertz CT molecular complexity index is 488. The van der Waals surface area contributed by atoms with Crippen LogP contribution in [0.1, 0.15) is 25.5 Å². The van der Waals surface area contributed by atoms with Gasteiger partial charge < -0.3 is 0 Å². The third-order valence-electron chi connectivity index (χ3n) is 2.43. The number of hydrogen-bond acceptors (Lipinski definition) is 1. The van der Waals surface area contributed by atoms with Gasteiger partial charge in [0.15, 0.2) is 0 Å². The summed E-state index contributed by atoms with van der Waals surface area (Å²) in [6.45, 7) is 4.31. The maximum absolute atomic E-state index is 5.86. The minimum absolute atomic E-state index is 0.459. The van der Waals surface area contributed by atoms with Gasteiger partial charge in [-0.15, -0.1) is 0 Å². The Morgan fingerprint density at radius 3 is 2.38 bits per heavy atom. The molecule has 0 fully saturated rings. The molecule has 1 heterocycles. The number of nitrogens with one attached hydrogen (secondary N) is 1. The number of halogens is 2. The highest BCUT2D eigenvalue weighted by molar-refractivity contribution is 14.1. The second-order valence-electron chi connectivity index (χ2n) is 3.96. The monoisotopic (exact) mass is 346 g/mol. The minimum Gasteiger partial charge on any atom is -0.281 e. The summed E-state index contributed by atoms with van der Waals surface area (Å²) in [6.07, 6.45) is 0. The summed E-state index contributed by atoms with van der Waals surface area (Å²) in [6, 6.07) is 7.75. The molecule has 0 aliphatic heterocycles. The predicted molar refractivity (Wildman–Crippen MR) is 75.8 cm³/mol. The Morgan fingerprint density at radius 1 is 1.25 bits per heavy atom. The Labute approximate surface area is 114 Å². The van der Waals surface area contributed by atoms with E-state index in [9.17, 15) is 0 Å². The molecule has 0 saturated carbocycles. The number of aromatic amines is 1. The van der Waals surface area contributed by atoms with Gasteiger partial charge in [0.2, 0.25) is 0 Å². The van der Waals surface area contributed by atoms with E-state index in [1.807, 2.05) is 24.3 Å². The van der Waals surface area contributed by atoms with E-state index in [1.54, 1.807) is 0 Å². The lowest BCUT2D eigenvalue weighted by atomic mass is 10.1. The van der Waals surface area contributed by atoms with E-state index in [2.05, 4.69) is 46.6 Å². The normalized spacial score (nSPS) is 11.1. The summed E-state index contributed by atoms with van der Waals surface area (Å²) < 4.78 is 1.19. The lowest BCUT2D eigenvalue weighted by Gasteiger charge is -2.02. The van der Waals surface area contributed by atoms with Crippen LogP contribution in [0.15, 0.2) is 24.3 Å². The molecule has 2 aromatic rings. The molecule has 1 N–H and O–H groups in total. The van der Waals surface area contributed by atoms with Crippen LogP contribution >= 0.6 is 34.2 Å². The fourth-order valence-electron chi connectivity index (χ4n) is 1.52. The smallest absolute Gasteiger partial charge is 0.106 e. The first-order valence-corrected chi connectivity index (χ1v) is 6.55. The molecule has 2 nitrogen and oxygen atoms in total. The van der Waals surface area contributed by atoms with E-state index >= 15 is 0 Å². The zero-order chi connectivity index (χ0) is 11.7. The van der Waals surface area contributed by atoms with Crippen LogP contribution < -0.4 is 0 Å². The first-order valence-electron chi connectivity index (χ1n) is 5.09. The molecule has 0 atom stereocenters. The molecule has 0 bridgehead atoms. The largest absolute Gasteiger partial charge is 0.281 e. The highest BCUT2D eigenvalue weighted by Gasteiger charge is 2.14. The third kappa shape index (κ3) is 2.25. The van der Waals surface area contributed by atoms with Crippen LogP contribution in [0, 0.1) is 3.57 Å². The van der Waals surface area contributed by atoms with Gasteiger partial charge in [0.05, 0.1) is 9.26 Å². The molecule has 16 heavy (non-hydrogen) atoms. The van der Waals surface area contributed by atoms with Crippen molar-refractivity contribution >= 4 is 34.2 Å². The van der Waals surface area contributed by atoms with Gasteiger partial charge in [0, 0.05) is 10.6 Å². The predicted octanol–water partition coefficient (Wildman–Crippen LogP) is 4.46. The molecule has 4 heteroatoms. The number of benzene rings is 1. The summed E-state index contributed by atoms with van der Waals surface area (Å²) in [4.78, 5) is 0. The van der Waals surface area contributed by atoms with Gasteiger partial charge in [0.25, 0.3) is 0 Å². The van der Waals surface area contributed by atoms with Crippen molar-refractivity contribution in [3.8, 4) is 11.3 Å². The second kappa shape index (κ2) is 4.75. The van der Waals surface area contributed by atoms with Crippen molar-refractivity contribution in [2.24, 2.45) is 0 Å². The first kappa shape index (κ1) is 11.9. The van der Waals surface area contributed by atoms with Crippen molar-refractivity contribution in [1.29, 1.82) is 0 Å². The van der Waals surface area contributed by atoms with E-state index in [0.717, 1.165) is 16.3 Å². The van der Waals surface area contributed by atoms with Crippen molar-refractivity contribution in [1.82, 2.24) is 10.2 Å². The minimum atomic E-state index is 0.459. The Kier molecular flexibility index (Phi) is 3.54. The zero-order valence-electron chi connectivity index (χ0n) is 9.09. The molecule has 0 spiro atoms. The van der Waals surface area contributed by atoms with Crippen LogP contribution in [-0.4, -0.2) is 10.2 Å². The van der Waals surface area contributed by atoms with Gasteiger partial charge in [0.1, 0.15) is 5.69 Å². The highest BCUT2D eigenvalue weighted by atomic mass is 127. The molecule has 0 radical (unpaired) electrons. The number of hydrogen-bond donors (Lipinski definition) is 1. The van der Waals surface area contributed by atoms with Crippen LogP contribution in [-0.2, 0) is 0 Å². The number of aromatic nitrogens is 2. The van der Waals surface area contributed by atoms with E-state index in [0.29, 0.717) is 5.92 Å². The van der Waals surface area contributed by atoms with Gasteiger partial charge in [-0.05, 0) is 40.6 Å². The van der Waals surface area contributed by atoms with Crippen molar-refractivity contribution in [3.63, 3.8) is 0 Å². The molecule has 1 aromatic carbocycles. The Morgan fingerprint density at radius 2 is 1.88 bits per heavy atom. The van der Waals surface area contributed by atoms with E-state index < -0.39 is 0 Å². The molecule has 0 amide bonds. The van der Waals surface area contributed by atoms with Crippen LogP contribution in [0.3, 0.4) is 0 Å². The molecule has 0 saturated heterocycles. The van der Waals surface area contributed by atoms with E-state index in [1.165, 1.54) is 9.26 Å². The highest BCUT2D eigenvalue weighted by Crippen LogP contribution is 2.29. The second-order valence-corrected chi connectivity index (χ2v) is 5.48. The van der Waals surface area contributed by atoms with E-state index in [4.69, 9.17) is 11.6 Å². The average molecular weight is 347 g/mol.